The Labute approximate surface area is 137 Å². The minimum Gasteiger partial charge on any atom is -0.486 e. The maximum atomic E-state index is 12.4. The van der Waals surface area contributed by atoms with Crippen molar-refractivity contribution in [1.82, 2.24) is 5.32 Å². The first-order chi connectivity index (χ1) is 10.6. The van der Waals surface area contributed by atoms with Crippen molar-refractivity contribution in [3.8, 4) is 11.5 Å². The molecule has 3 rings (SSSR count). The van der Waals surface area contributed by atoms with E-state index in [1.807, 2.05) is 31.2 Å². The van der Waals surface area contributed by atoms with Crippen molar-refractivity contribution < 1.29 is 14.3 Å². The Bertz CT molecular complexity index is 685. The third-order valence-corrected chi connectivity index (χ3v) is 4.05. The SMILES string of the molecule is C[C@@H](NC(=O)c1ccc2c(c1)OCCO2)c1ccc(Br)cc1. The van der Waals surface area contributed by atoms with E-state index in [1.165, 1.54) is 0 Å². The molecular weight excluding hydrogens is 346 g/mol. The number of nitrogens with one attached hydrogen (secondary N) is 1. The average Bonchev–Trinajstić information content (AvgIpc) is 2.55. The smallest absolute Gasteiger partial charge is 0.251 e. The Morgan fingerprint density at radius 1 is 1.09 bits per heavy atom. The molecule has 1 heterocycles. The molecule has 0 bridgehead atoms. The number of amides is 1. The zero-order valence-corrected chi connectivity index (χ0v) is 13.7. The zero-order chi connectivity index (χ0) is 15.5. The summed E-state index contributed by atoms with van der Waals surface area (Å²) in [7, 11) is 0. The molecule has 2 aromatic carbocycles. The summed E-state index contributed by atoms with van der Waals surface area (Å²) in [5.74, 6) is 1.17. The normalized spacial score (nSPS) is 14.3. The Morgan fingerprint density at radius 2 is 1.77 bits per heavy atom. The first-order valence-corrected chi connectivity index (χ1v) is 7.89. The highest BCUT2D eigenvalue weighted by atomic mass is 79.9. The van der Waals surface area contributed by atoms with Gasteiger partial charge in [0.25, 0.3) is 5.91 Å². The van der Waals surface area contributed by atoms with Gasteiger partial charge in [0.1, 0.15) is 13.2 Å². The second-order valence-electron chi connectivity index (χ2n) is 5.11. The van der Waals surface area contributed by atoms with Gasteiger partial charge in [-0.05, 0) is 42.8 Å². The predicted octanol–water partition coefficient (Wildman–Crippen LogP) is 3.71. The van der Waals surface area contributed by atoms with Gasteiger partial charge < -0.3 is 14.8 Å². The highest BCUT2D eigenvalue weighted by Crippen LogP contribution is 2.30. The lowest BCUT2D eigenvalue weighted by Gasteiger charge is -2.19. The third-order valence-electron chi connectivity index (χ3n) is 3.52. The molecule has 0 radical (unpaired) electrons. The van der Waals surface area contributed by atoms with E-state index in [0.717, 1.165) is 10.0 Å². The molecule has 0 unspecified atom stereocenters. The van der Waals surface area contributed by atoms with Crippen LogP contribution in [-0.2, 0) is 0 Å². The van der Waals surface area contributed by atoms with Gasteiger partial charge in [-0.25, -0.2) is 0 Å². The van der Waals surface area contributed by atoms with E-state index in [1.54, 1.807) is 18.2 Å². The molecule has 4 nitrogen and oxygen atoms in total. The lowest BCUT2D eigenvalue weighted by Crippen LogP contribution is -2.27. The predicted molar refractivity (Wildman–Crippen MR) is 87.5 cm³/mol. The molecule has 1 N–H and O–H groups in total. The lowest BCUT2D eigenvalue weighted by atomic mass is 10.1. The van der Waals surface area contributed by atoms with Crippen LogP contribution in [0.2, 0.25) is 0 Å². The number of carbonyl (C=O) groups excluding carboxylic acids is 1. The number of hydrogen-bond acceptors (Lipinski definition) is 3. The molecule has 0 fully saturated rings. The van der Waals surface area contributed by atoms with Crippen molar-refractivity contribution in [2.24, 2.45) is 0 Å². The number of halogens is 1. The monoisotopic (exact) mass is 361 g/mol. The van der Waals surface area contributed by atoms with Crippen LogP contribution in [0.4, 0.5) is 0 Å². The first kappa shape index (κ1) is 14.9. The molecule has 1 atom stereocenters. The quantitative estimate of drug-likeness (QED) is 0.906. The first-order valence-electron chi connectivity index (χ1n) is 7.09. The van der Waals surface area contributed by atoms with Gasteiger partial charge >= 0.3 is 0 Å². The second-order valence-corrected chi connectivity index (χ2v) is 6.02. The van der Waals surface area contributed by atoms with Crippen molar-refractivity contribution in [1.29, 1.82) is 0 Å². The summed E-state index contributed by atoms with van der Waals surface area (Å²) in [4.78, 5) is 12.4. The van der Waals surface area contributed by atoms with E-state index in [-0.39, 0.29) is 11.9 Å². The molecule has 22 heavy (non-hydrogen) atoms. The average molecular weight is 362 g/mol. The summed E-state index contributed by atoms with van der Waals surface area (Å²) >= 11 is 3.40. The highest BCUT2D eigenvalue weighted by molar-refractivity contribution is 9.10. The van der Waals surface area contributed by atoms with Gasteiger partial charge in [0, 0.05) is 10.0 Å². The summed E-state index contributed by atoms with van der Waals surface area (Å²) in [6, 6.07) is 13.1. The second kappa shape index (κ2) is 6.40. The number of ether oxygens (including phenoxy) is 2. The van der Waals surface area contributed by atoms with Crippen LogP contribution in [0.1, 0.15) is 28.9 Å². The number of rotatable bonds is 3. The standard InChI is InChI=1S/C17H16BrNO3/c1-11(12-2-5-14(18)6-3-12)19-17(20)13-4-7-15-16(10-13)22-9-8-21-15/h2-7,10-11H,8-9H2,1H3,(H,19,20)/t11-/m1/s1. The molecular formula is C17H16BrNO3. The fourth-order valence-electron chi connectivity index (χ4n) is 2.30. The van der Waals surface area contributed by atoms with Gasteiger partial charge in [0.2, 0.25) is 0 Å². The summed E-state index contributed by atoms with van der Waals surface area (Å²) in [5.41, 5.74) is 1.61. The highest BCUT2D eigenvalue weighted by Gasteiger charge is 2.16. The minimum atomic E-state index is -0.132. The Morgan fingerprint density at radius 3 is 2.50 bits per heavy atom. The largest absolute Gasteiger partial charge is 0.486 e. The third kappa shape index (κ3) is 3.25. The topological polar surface area (TPSA) is 47.6 Å². The van der Waals surface area contributed by atoms with E-state index < -0.39 is 0 Å². The Balaban J connectivity index is 1.72. The van der Waals surface area contributed by atoms with Crippen LogP contribution in [0.3, 0.4) is 0 Å². The van der Waals surface area contributed by atoms with Crippen molar-refractivity contribution in [3.05, 3.63) is 58.1 Å². The molecule has 1 aliphatic heterocycles. The molecule has 0 spiro atoms. The molecule has 1 aliphatic rings. The molecule has 1 amide bonds. The van der Waals surface area contributed by atoms with E-state index in [9.17, 15) is 4.79 Å². The summed E-state index contributed by atoms with van der Waals surface area (Å²) in [5, 5.41) is 2.99. The molecule has 0 aromatic heterocycles. The minimum absolute atomic E-state index is 0.0752. The maximum Gasteiger partial charge on any atom is 0.251 e. The fraction of sp³-hybridized carbons (Fsp3) is 0.235. The van der Waals surface area contributed by atoms with Crippen LogP contribution in [0.5, 0.6) is 11.5 Å². The zero-order valence-electron chi connectivity index (χ0n) is 12.1. The van der Waals surface area contributed by atoms with Gasteiger partial charge in [-0.15, -0.1) is 0 Å². The van der Waals surface area contributed by atoms with E-state index >= 15 is 0 Å². The number of hydrogen-bond donors (Lipinski definition) is 1. The number of fused-ring (bicyclic) bond motifs is 1. The van der Waals surface area contributed by atoms with Crippen LogP contribution in [0.25, 0.3) is 0 Å². The lowest BCUT2D eigenvalue weighted by molar-refractivity contribution is 0.0938. The Hall–Kier alpha value is -2.01. The van der Waals surface area contributed by atoms with Crippen LogP contribution in [-0.4, -0.2) is 19.1 Å². The molecule has 0 saturated carbocycles. The number of benzene rings is 2. The van der Waals surface area contributed by atoms with Crippen molar-refractivity contribution in [3.63, 3.8) is 0 Å². The summed E-state index contributed by atoms with van der Waals surface area (Å²) < 4.78 is 12.0. The Kier molecular flexibility index (Phi) is 4.34. The van der Waals surface area contributed by atoms with Crippen LogP contribution in [0.15, 0.2) is 46.9 Å². The van der Waals surface area contributed by atoms with Crippen LogP contribution >= 0.6 is 15.9 Å². The number of carbonyl (C=O) groups is 1. The van der Waals surface area contributed by atoms with Crippen LogP contribution < -0.4 is 14.8 Å². The molecule has 0 aliphatic carbocycles. The molecule has 5 heteroatoms. The molecule has 114 valence electrons. The van der Waals surface area contributed by atoms with Gasteiger partial charge in [-0.1, -0.05) is 28.1 Å². The van der Waals surface area contributed by atoms with E-state index in [0.29, 0.717) is 30.3 Å². The van der Waals surface area contributed by atoms with Crippen molar-refractivity contribution in [2.75, 3.05) is 13.2 Å². The van der Waals surface area contributed by atoms with Crippen molar-refractivity contribution >= 4 is 21.8 Å². The van der Waals surface area contributed by atoms with E-state index in [2.05, 4.69) is 21.2 Å². The molecule has 0 saturated heterocycles. The van der Waals surface area contributed by atoms with Gasteiger partial charge in [-0.2, -0.15) is 0 Å². The summed E-state index contributed by atoms with van der Waals surface area (Å²) in [6.07, 6.45) is 0. The van der Waals surface area contributed by atoms with Crippen molar-refractivity contribution in [2.45, 2.75) is 13.0 Å². The van der Waals surface area contributed by atoms with E-state index in [4.69, 9.17) is 9.47 Å². The van der Waals surface area contributed by atoms with Gasteiger partial charge in [0.05, 0.1) is 6.04 Å². The summed E-state index contributed by atoms with van der Waals surface area (Å²) in [6.45, 7) is 3.01. The maximum absolute atomic E-state index is 12.4. The van der Waals surface area contributed by atoms with Gasteiger partial charge in [0.15, 0.2) is 11.5 Å². The van der Waals surface area contributed by atoms with Gasteiger partial charge in [-0.3, -0.25) is 4.79 Å². The van der Waals surface area contributed by atoms with Crippen LogP contribution in [0, 0.1) is 0 Å². The fourth-order valence-corrected chi connectivity index (χ4v) is 2.56. The molecule has 2 aromatic rings.